The van der Waals surface area contributed by atoms with Gasteiger partial charge in [-0.3, -0.25) is 4.90 Å². The molecule has 3 heteroatoms. The van der Waals surface area contributed by atoms with Crippen molar-refractivity contribution in [2.75, 3.05) is 13.6 Å². The van der Waals surface area contributed by atoms with Crippen molar-refractivity contribution in [3.8, 4) is 0 Å². The van der Waals surface area contributed by atoms with Crippen LogP contribution in [0.25, 0.3) is 0 Å². The normalized spacial score (nSPS) is 12.6. The van der Waals surface area contributed by atoms with Crippen LogP contribution < -0.4 is 5.73 Å². The van der Waals surface area contributed by atoms with Crippen LogP contribution in [0.2, 0.25) is 0 Å². The molecule has 0 bridgehead atoms. The minimum absolute atomic E-state index is 0.218. The Labute approximate surface area is 123 Å². The molecule has 2 rings (SSSR count). The lowest BCUT2D eigenvalue weighted by Crippen LogP contribution is -2.30. The van der Waals surface area contributed by atoms with E-state index in [1.807, 2.05) is 12.1 Å². The van der Waals surface area contributed by atoms with Gasteiger partial charge in [-0.15, -0.1) is 0 Å². The minimum Gasteiger partial charge on any atom is -0.329 e. The molecule has 1 unspecified atom stereocenters. The maximum absolute atomic E-state index is 5.97. The smallest absolute Gasteiger partial charge is 0.0482 e. The molecule has 0 aliphatic rings. The predicted molar refractivity (Wildman–Crippen MR) is 83.8 cm³/mol. The predicted octanol–water partition coefficient (Wildman–Crippen LogP) is 3.58. The third-order valence-electron chi connectivity index (χ3n) is 3.29. The van der Waals surface area contributed by atoms with Gasteiger partial charge in [-0.1, -0.05) is 64.5 Å². The van der Waals surface area contributed by atoms with E-state index in [0.29, 0.717) is 6.54 Å². The Kier molecular flexibility index (Phi) is 5.14. The highest BCUT2D eigenvalue weighted by Gasteiger charge is 2.17. The number of hydrogen-bond acceptors (Lipinski definition) is 2. The average Bonchev–Trinajstić information content (AvgIpc) is 2.43. The van der Waals surface area contributed by atoms with Gasteiger partial charge in [-0.25, -0.2) is 0 Å². The summed E-state index contributed by atoms with van der Waals surface area (Å²) < 4.78 is 1.12. The highest BCUT2D eigenvalue weighted by molar-refractivity contribution is 9.10. The van der Waals surface area contributed by atoms with E-state index >= 15 is 0 Å². The summed E-state index contributed by atoms with van der Waals surface area (Å²) in [6.45, 7) is 1.50. The molecule has 0 saturated carbocycles. The number of benzene rings is 2. The Morgan fingerprint density at radius 2 is 1.68 bits per heavy atom. The van der Waals surface area contributed by atoms with Crippen LogP contribution >= 0.6 is 15.9 Å². The van der Waals surface area contributed by atoms with Crippen molar-refractivity contribution in [2.24, 2.45) is 5.73 Å². The Morgan fingerprint density at radius 1 is 1.05 bits per heavy atom. The van der Waals surface area contributed by atoms with Gasteiger partial charge in [0.05, 0.1) is 0 Å². The molecule has 0 amide bonds. The number of nitrogens with two attached hydrogens (primary N) is 1. The van der Waals surface area contributed by atoms with Gasteiger partial charge in [0.15, 0.2) is 0 Å². The summed E-state index contributed by atoms with van der Waals surface area (Å²) in [5.74, 6) is 0. The molecule has 0 aromatic heterocycles. The van der Waals surface area contributed by atoms with Gasteiger partial charge in [0.2, 0.25) is 0 Å². The van der Waals surface area contributed by atoms with Crippen molar-refractivity contribution in [2.45, 2.75) is 12.6 Å². The maximum Gasteiger partial charge on any atom is 0.0482 e. The summed E-state index contributed by atoms with van der Waals surface area (Å²) >= 11 is 3.61. The second-order valence-electron chi connectivity index (χ2n) is 4.67. The molecule has 0 aliphatic carbocycles. The fourth-order valence-corrected chi connectivity index (χ4v) is 2.82. The third-order valence-corrected chi connectivity index (χ3v) is 4.02. The van der Waals surface area contributed by atoms with Crippen LogP contribution in [0.1, 0.15) is 17.2 Å². The number of nitrogens with zero attached hydrogens (tertiary/aromatic N) is 1. The van der Waals surface area contributed by atoms with E-state index in [2.05, 4.69) is 70.3 Å². The lowest BCUT2D eigenvalue weighted by Gasteiger charge is -2.28. The van der Waals surface area contributed by atoms with Crippen LogP contribution in [-0.2, 0) is 6.54 Å². The van der Waals surface area contributed by atoms with E-state index in [1.54, 1.807) is 0 Å². The maximum atomic E-state index is 5.97. The van der Waals surface area contributed by atoms with E-state index in [-0.39, 0.29) is 6.04 Å². The van der Waals surface area contributed by atoms with Gasteiger partial charge < -0.3 is 5.73 Å². The van der Waals surface area contributed by atoms with Gasteiger partial charge in [0.25, 0.3) is 0 Å². The monoisotopic (exact) mass is 318 g/mol. The Morgan fingerprint density at radius 3 is 2.32 bits per heavy atom. The summed E-state index contributed by atoms with van der Waals surface area (Å²) in [5.41, 5.74) is 8.51. The van der Waals surface area contributed by atoms with E-state index in [9.17, 15) is 0 Å². The second kappa shape index (κ2) is 6.85. The Hall–Kier alpha value is -1.16. The largest absolute Gasteiger partial charge is 0.329 e. The van der Waals surface area contributed by atoms with E-state index < -0.39 is 0 Å². The molecule has 2 aromatic carbocycles. The quantitative estimate of drug-likeness (QED) is 0.913. The zero-order chi connectivity index (χ0) is 13.7. The topological polar surface area (TPSA) is 29.3 Å². The first-order valence-electron chi connectivity index (χ1n) is 6.41. The lowest BCUT2D eigenvalue weighted by molar-refractivity contribution is 0.241. The molecule has 0 heterocycles. The van der Waals surface area contributed by atoms with Gasteiger partial charge in [0.1, 0.15) is 0 Å². The Balaban J connectivity index is 2.16. The van der Waals surface area contributed by atoms with E-state index in [1.165, 1.54) is 11.1 Å². The van der Waals surface area contributed by atoms with Crippen molar-refractivity contribution in [1.82, 2.24) is 4.90 Å². The Bertz CT molecular complexity index is 513. The molecule has 100 valence electrons. The molecular formula is C16H19BrN2. The summed E-state index contributed by atoms with van der Waals surface area (Å²) in [7, 11) is 2.12. The van der Waals surface area contributed by atoms with Crippen LogP contribution in [0.4, 0.5) is 0 Å². The zero-order valence-corrected chi connectivity index (χ0v) is 12.7. The fourth-order valence-electron chi connectivity index (χ4n) is 2.27. The van der Waals surface area contributed by atoms with Crippen LogP contribution in [0.5, 0.6) is 0 Å². The van der Waals surface area contributed by atoms with Crippen molar-refractivity contribution in [1.29, 1.82) is 0 Å². The number of rotatable bonds is 5. The first-order valence-corrected chi connectivity index (χ1v) is 7.20. The summed E-state index contributed by atoms with van der Waals surface area (Å²) in [5, 5.41) is 0. The molecular weight excluding hydrogens is 300 g/mol. The summed E-state index contributed by atoms with van der Waals surface area (Å²) in [6, 6.07) is 19.0. The highest BCUT2D eigenvalue weighted by Crippen LogP contribution is 2.27. The molecule has 2 nitrogen and oxygen atoms in total. The molecule has 0 aliphatic heterocycles. The van der Waals surface area contributed by atoms with E-state index in [4.69, 9.17) is 5.73 Å². The number of hydrogen-bond donors (Lipinski definition) is 1. The SMILES string of the molecule is CN(Cc1ccccc1)C(CN)c1ccccc1Br. The molecule has 2 aromatic rings. The van der Waals surface area contributed by atoms with Crippen LogP contribution in [0.3, 0.4) is 0 Å². The third kappa shape index (κ3) is 3.66. The van der Waals surface area contributed by atoms with Crippen LogP contribution in [0, 0.1) is 0 Å². The molecule has 2 N–H and O–H groups in total. The number of likely N-dealkylation sites (N-methyl/N-ethyl adjacent to an activating group) is 1. The van der Waals surface area contributed by atoms with Gasteiger partial charge in [-0.2, -0.15) is 0 Å². The zero-order valence-electron chi connectivity index (χ0n) is 11.1. The van der Waals surface area contributed by atoms with Crippen molar-refractivity contribution < 1.29 is 0 Å². The standard InChI is InChI=1S/C16H19BrN2/c1-19(12-13-7-3-2-4-8-13)16(11-18)14-9-5-6-10-15(14)17/h2-10,16H,11-12,18H2,1H3. The van der Waals surface area contributed by atoms with Crippen molar-refractivity contribution in [3.05, 3.63) is 70.2 Å². The summed E-state index contributed by atoms with van der Waals surface area (Å²) in [4.78, 5) is 2.29. The lowest BCUT2D eigenvalue weighted by atomic mass is 10.1. The van der Waals surface area contributed by atoms with Crippen LogP contribution in [0.15, 0.2) is 59.1 Å². The minimum atomic E-state index is 0.218. The molecule has 0 fully saturated rings. The molecule has 19 heavy (non-hydrogen) atoms. The highest BCUT2D eigenvalue weighted by atomic mass is 79.9. The molecule has 0 spiro atoms. The first-order chi connectivity index (χ1) is 9.22. The number of halogens is 1. The van der Waals surface area contributed by atoms with Gasteiger partial charge in [-0.05, 0) is 24.2 Å². The average molecular weight is 319 g/mol. The molecule has 0 saturated heterocycles. The van der Waals surface area contributed by atoms with Crippen LogP contribution in [-0.4, -0.2) is 18.5 Å². The van der Waals surface area contributed by atoms with Gasteiger partial charge in [0, 0.05) is 23.6 Å². The van der Waals surface area contributed by atoms with Crippen molar-refractivity contribution >= 4 is 15.9 Å². The first kappa shape index (κ1) is 14.3. The van der Waals surface area contributed by atoms with Gasteiger partial charge >= 0.3 is 0 Å². The fraction of sp³-hybridized carbons (Fsp3) is 0.250. The van der Waals surface area contributed by atoms with E-state index in [0.717, 1.165) is 11.0 Å². The summed E-state index contributed by atoms with van der Waals surface area (Å²) in [6.07, 6.45) is 0. The molecule has 1 atom stereocenters. The molecule has 0 radical (unpaired) electrons. The second-order valence-corrected chi connectivity index (χ2v) is 5.53. The van der Waals surface area contributed by atoms with Crippen molar-refractivity contribution in [3.63, 3.8) is 0 Å².